The molecule has 1 aliphatic heterocycles. The van der Waals surface area contributed by atoms with Crippen molar-refractivity contribution in [1.82, 2.24) is 10.7 Å². The highest BCUT2D eigenvalue weighted by atomic mass is 32.1. The Labute approximate surface area is 144 Å². The van der Waals surface area contributed by atoms with Gasteiger partial charge in [-0.15, -0.1) is 0 Å². The number of nitrogens with one attached hydrogen (secondary N) is 3. The summed E-state index contributed by atoms with van der Waals surface area (Å²) in [6.45, 7) is 0.581. The van der Waals surface area contributed by atoms with Crippen molar-refractivity contribution in [2.24, 2.45) is 5.10 Å². The number of methoxy groups -OCH3 is 1. The van der Waals surface area contributed by atoms with Crippen molar-refractivity contribution in [3.05, 3.63) is 59.7 Å². The van der Waals surface area contributed by atoms with Gasteiger partial charge >= 0.3 is 0 Å². The van der Waals surface area contributed by atoms with E-state index in [1.54, 1.807) is 25.3 Å². The van der Waals surface area contributed by atoms with E-state index in [1.807, 2.05) is 30.3 Å². The molecular formula is C17H16N4O2S. The molecule has 2 aromatic rings. The van der Waals surface area contributed by atoms with Crippen molar-refractivity contribution < 1.29 is 9.53 Å². The van der Waals surface area contributed by atoms with E-state index in [4.69, 9.17) is 17.0 Å². The minimum atomic E-state index is -0.281. The van der Waals surface area contributed by atoms with Crippen LogP contribution < -0.4 is 20.8 Å². The standard InChI is InChI=1S/C17H16N4O2S/c1-23-12-7-8-13-14(9-12)19-16(22)15(13)20-21-17(24)18-10-11-5-3-2-4-6-11/h2-9H,10H2,1H3,(H2,18,21,24)(H,19,20,22). The average Bonchev–Trinajstić information content (AvgIpc) is 2.93. The Morgan fingerprint density at radius 3 is 2.79 bits per heavy atom. The van der Waals surface area contributed by atoms with Gasteiger partial charge in [0.15, 0.2) is 10.8 Å². The number of rotatable bonds is 4. The van der Waals surface area contributed by atoms with E-state index >= 15 is 0 Å². The van der Waals surface area contributed by atoms with Gasteiger partial charge in [-0.05, 0) is 29.9 Å². The third-order valence-electron chi connectivity index (χ3n) is 3.51. The number of anilines is 1. The highest BCUT2D eigenvalue weighted by Gasteiger charge is 2.26. The first kappa shape index (κ1) is 15.9. The molecule has 0 atom stereocenters. The molecule has 1 aliphatic rings. The van der Waals surface area contributed by atoms with Gasteiger partial charge in [-0.2, -0.15) is 5.10 Å². The summed E-state index contributed by atoms with van der Waals surface area (Å²) >= 11 is 5.18. The molecular weight excluding hydrogens is 324 g/mol. The highest BCUT2D eigenvalue weighted by Crippen LogP contribution is 2.27. The second kappa shape index (κ2) is 7.10. The second-order valence-corrected chi connectivity index (χ2v) is 5.51. The van der Waals surface area contributed by atoms with Crippen molar-refractivity contribution in [2.45, 2.75) is 6.54 Å². The van der Waals surface area contributed by atoms with Gasteiger partial charge in [-0.1, -0.05) is 30.3 Å². The summed E-state index contributed by atoms with van der Waals surface area (Å²) in [7, 11) is 1.58. The van der Waals surface area contributed by atoms with Gasteiger partial charge < -0.3 is 15.4 Å². The third kappa shape index (κ3) is 3.52. The van der Waals surface area contributed by atoms with Gasteiger partial charge in [-0.25, -0.2) is 0 Å². The lowest BCUT2D eigenvalue weighted by Crippen LogP contribution is -2.33. The molecule has 0 radical (unpaired) electrons. The van der Waals surface area contributed by atoms with Crippen LogP contribution in [0.4, 0.5) is 5.69 Å². The number of hydrazone groups is 1. The first-order chi connectivity index (χ1) is 11.7. The summed E-state index contributed by atoms with van der Waals surface area (Å²) in [5, 5.41) is 10.3. The summed E-state index contributed by atoms with van der Waals surface area (Å²) < 4.78 is 5.14. The number of amides is 1. The number of ether oxygens (including phenoxy) is 1. The number of fused-ring (bicyclic) bond motifs is 1. The second-order valence-electron chi connectivity index (χ2n) is 5.11. The Morgan fingerprint density at radius 1 is 1.25 bits per heavy atom. The van der Waals surface area contributed by atoms with Crippen LogP contribution >= 0.6 is 12.2 Å². The molecule has 3 N–H and O–H groups in total. The van der Waals surface area contributed by atoms with Crippen LogP contribution in [-0.2, 0) is 11.3 Å². The normalized spacial score (nSPS) is 14.0. The molecule has 0 unspecified atom stereocenters. The molecule has 2 aromatic carbocycles. The van der Waals surface area contributed by atoms with E-state index in [-0.39, 0.29) is 11.6 Å². The smallest absolute Gasteiger partial charge is 0.276 e. The molecule has 1 amide bonds. The van der Waals surface area contributed by atoms with Gasteiger partial charge in [0.25, 0.3) is 5.91 Å². The fraction of sp³-hybridized carbons (Fsp3) is 0.118. The molecule has 24 heavy (non-hydrogen) atoms. The number of hydrogen-bond acceptors (Lipinski definition) is 4. The van der Waals surface area contributed by atoms with E-state index in [0.29, 0.717) is 28.7 Å². The average molecular weight is 340 g/mol. The lowest BCUT2D eigenvalue weighted by atomic mass is 10.1. The topological polar surface area (TPSA) is 74.8 Å². The maximum absolute atomic E-state index is 12.0. The molecule has 3 rings (SSSR count). The van der Waals surface area contributed by atoms with E-state index in [0.717, 1.165) is 5.56 Å². The SMILES string of the molecule is COc1ccc2c(c1)NC(=O)/C2=N\NC(=S)NCc1ccccc1. The van der Waals surface area contributed by atoms with Crippen LogP contribution in [0, 0.1) is 0 Å². The van der Waals surface area contributed by atoms with E-state index in [9.17, 15) is 4.79 Å². The molecule has 0 aromatic heterocycles. The number of carbonyl (C=O) groups is 1. The zero-order chi connectivity index (χ0) is 16.9. The number of hydrogen-bond donors (Lipinski definition) is 3. The minimum absolute atomic E-state index is 0.281. The number of thiocarbonyl (C=S) groups is 1. The van der Waals surface area contributed by atoms with Crippen LogP contribution in [0.5, 0.6) is 5.75 Å². The zero-order valence-corrected chi connectivity index (χ0v) is 13.8. The minimum Gasteiger partial charge on any atom is -0.497 e. The molecule has 6 nitrogen and oxygen atoms in total. The summed E-state index contributed by atoms with van der Waals surface area (Å²) in [5.41, 5.74) is 5.48. The largest absolute Gasteiger partial charge is 0.497 e. The van der Waals surface area contributed by atoms with Crippen molar-refractivity contribution in [2.75, 3.05) is 12.4 Å². The molecule has 0 saturated heterocycles. The summed E-state index contributed by atoms with van der Waals surface area (Å²) in [4.78, 5) is 12.0. The Bertz CT molecular complexity index is 805. The van der Waals surface area contributed by atoms with Crippen LogP contribution in [-0.4, -0.2) is 23.8 Å². The Hall–Kier alpha value is -2.93. The van der Waals surface area contributed by atoms with Crippen LogP contribution in [0.1, 0.15) is 11.1 Å². The Morgan fingerprint density at radius 2 is 2.04 bits per heavy atom. The molecule has 0 aliphatic carbocycles. The van der Waals surface area contributed by atoms with Crippen molar-refractivity contribution >= 4 is 34.6 Å². The predicted octanol–water partition coefficient (Wildman–Crippen LogP) is 2.02. The van der Waals surface area contributed by atoms with Crippen molar-refractivity contribution in [3.63, 3.8) is 0 Å². The van der Waals surface area contributed by atoms with Gasteiger partial charge in [0, 0.05) is 18.2 Å². The van der Waals surface area contributed by atoms with Gasteiger partial charge in [0.1, 0.15) is 5.75 Å². The third-order valence-corrected chi connectivity index (χ3v) is 3.75. The molecule has 0 spiro atoms. The highest BCUT2D eigenvalue weighted by molar-refractivity contribution is 7.80. The molecule has 7 heteroatoms. The predicted molar refractivity (Wildman–Crippen MR) is 97.2 cm³/mol. The number of carbonyl (C=O) groups excluding carboxylic acids is 1. The van der Waals surface area contributed by atoms with Gasteiger partial charge in [-0.3, -0.25) is 10.2 Å². The Kier molecular flexibility index (Phi) is 4.72. The van der Waals surface area contributed by atoms with Crippen LogP contribution in [0.3, 0.4) is 0 Å². The monoisotopic (exact) mass is 340 g/mol. The van der Waals surface area contributed by atoms with Gasteiger partial charge in [0.2, 0.25) is 0 Å². The molecule has 0 fully saturated rings. The van der Waals surface area contributed by atoms with Crippen molar-refractivity contribution in [3.8, 4) is 5.75 Å². The van der Waals surface area contributed by atoms with Gasteiger partial charge in [0.05, 0.1) is 12.8 Å². The summed E-state index contributed by atoms with van der Waals surface area (Å²) in [6, 6.07) is 15.2. The fourth-order valence-corrected chi connectivity index (χ4v) is 2.42. The van der Waals surface area contributed by atoms with Crippen LogP contribution in [0.15, 0.2) is 53.6 Å². The molecule has 122 valence electrons. The fourth-order valence-electron chi connectivity index (χ4n) is 2.30. The molecule has 0 saturated carbocycles. The van der Waals surface area contributed by atoms with E-state index < -0.39 is 0 Å². The zero-order valence-electron chi connectivity index (χ0n) is 13.0. The first-order valence-corrected chi connectivity index (χ1v) is 7.73. The van der Waals surface area contributed by atoms with Crippen LogP contribution in [0.25, 0.3) is 0 Å². The maximum atomic E-state index is 12.0. The van der Waals surface area contributed by atoms with Crippen LogP contribution in [0.2, 0.25) is 0 Å². The summed E-state index contributed by atoms with van der Waals surface area (Å²) in [5.74, 6) is 0.389. The molecule has 1 heterocycles. The van der Waals surface area contributed by atoms with E-state index in [2.05, 4.69) is 21.2 Å². The summed E-state index contributed by atoms with van der Waals surface area (Å²) in [6.07, 6.45) is 0. The molecule has 0 bridgehead atoms. The Balaban J connectivity index is 1.64. The quantitative estimate of drug-likeness (QED) is 0.586. The number of nitrogens with zero attached hydrogens (tertiary/aromatic N) is 1. The first-order valence-electron chi connectivity index (χ1n) is 7.32. The lowest BCUT2D eigenvalue weighted by molar-refractivity contribution is -0.110. The van der Waals surface area contributed by atoms with Crippen molar-refractivity contribution in [1.29, 1.82) is 0 Å². The van der Waals surface area contributed by atoms with E-state index in [1.165, 1.54) is 0 Å². The lowest BCUT2D eigenvalue weighted by Gasteiger charge is -2.07. The maximum Gasteiger partial charge on any atom is 0.276 e. The number of benzene rings is 2.